The van der Waals surface area contributed by atoms with Gasteiger partial charge in [0.1, 0.15) is 5.56 Å². The van der Waals surface area contributed by atoms with Crippen LogP contribution in [0.2, 0.25) is 0 Å². The van der Waals surface area contributed by atoms with Gasteiger partial charge in [0.15, 0.2) is 23.3 Å². The maximum absolute atomic E-state index is 13.7. The van der Waals surface area contributed by atoms with Crippen molar-refractivity contribution in [3.8, 4) is 0 Å². The van der Waals surface area contributed by atoms with E-state index in [4.69, 9.17) is 0 Å². The molecule has 0 aliphatic carbocycles. The summed E-state index contributed by atoms with van der Waals surface area (Å²) in [6.45, 7) is 7.95. The summed E-state index contributed by atoms with van der Waals surface area (Å²) in [6.07, 6.45) is 0. The van der Waals surface area contributed by atoms with Gasteiger partial charge in [-0.15, -0.1) is 0 Å². The van der Waals surface area contributed by atoms with Gasteiger partial charge in [-0.05, 0) is 19.3 Å². The maximum atomic E-state index is 13.7. The molecule has 0 bridgehead atoms. The Bertz CT molecular complexity index is 520. The van der Waals surface area contributed by atoms with Crippen LogP contribution in [-0.4, -0.2) is 11.9 Å². The summed E-state index contributed by atoms with van der Waals surface area (Å²) >= 11 is 0. The molecule has 112 valence electrons. The number of carbonyl (C=O) groups is 1. The molecule has 1 atom stereocenters. The van der Waals surface area contributed by atoms with Gasteiger partial charge >= 0.3 is 0 Å². The Morgan fingerprint density at radius 3 is 1.75 bits per heavy atom. The summed E-state index contributed by atoms with van der Waals surface area (Å²) in [4.78, 5) is 11.8. The number of benzene rings is 1. The number of hydrogen-bond acceptors (Lipinski definition) is 1. The van der Waals surface area contributed by atoms with E-state index >= 15 is 0 Å². The zero-order valence-corrected chi connectivity index (χ0v) is 12.0. The van der Waals surface area contributed by atoms with Crippen molar-refractivity contribution in [1.82, 2.24) is 5.32 Å². The molecule has 0 unspecified atom stereocenters. The third-order valence-corrected chi connectivity index (χ3v) is 3.36. The Hall–Kier alpha value is -1.59. The molecule has 1 N–H and O–H groups in total. The monoisotopic (exact) mass is 291 g/mol. The third kappa shape index (κ3) is 2.94. The Kier molecular flexibility index (Phi) is 4.46. The van der Waals surface area contributed by atoms with E-state index in [9.17, 15) is 22.4 Å². The Morgan fingerprint density at radius 2 is 1.40 bits per heavy atom. The van der Waals surface area contributed by atoms with E-state index in [1.165, 1.54) is 0 Å². The number of amides is 1. The minimum atomic E-state index is -1.68. The highest BCUT2D eigenvalue weighted by Gasteiger charge is 2.30. The summed E-state index contributed by atoms with van der Waals surface area (Å²) in [7, 11) is 0. The first-order chi connectivity index (χ1) is 8.98. The molecule has 0 aliphatic heterocycles. The maximum Gasteiger partial charge on any atom is 0.257 e. The highest BCUT2D eigenvalue weighted by molar-refractivity contribution is 5.95. The minimum Gasteiger partial charge on any atom is -0.349 e. The van der Waals surface area contributed by atoms with Crippen molar-refractivity contribution in [1.29, 1.82) is 0 Å². The molecule has 0 heterocycles. The van der Waals surface area contributed by atoms with Gasteiger partial charge in [-0.2, -0.15) is 0 Å². The number of nitrogens with one attached hydrogen (secondary N) is 1. The van der Waals surface area contributed by atoms with Crippen molar-refractivity contribution in [3.63, 3.8) is 0 Å². The lowest BCUT2D eigenvalue weighted by Gasteiger charge is -2.28. The van der Waals surface area contributed by atoms with Gasteiger partial charge < -0.3 is 5.32 Å². The average molecular weight is 291 g/mol. The summed E-state index contributed by atoms with van der Waals surface area (Å²) in [5.41, 5.74) is -2.40. The predicted octanol–water partition coefficient (Wildman–Crippen LogP) is 3.72. The molecule has 6 heteroatoms. The first kappa shape index (κ1) is 16.5. The molecule has 0 spiro atoms. The molecule has 1 rings (SSSR count). The Labute approximate surface area is 115 Å². The Balaban J connectivity index is 3.25. The quantitative estimate of drug-likeness (QED) is 0.653. The van der Waals surface area contributed by atoms with Crippen LogP contribution in [-0.2, 0) is 0 Å². The van der Waals surface area contributed by atoms with Gasteiger partial charge in [0.25, 0.3) is 5.91 Å². The van der Waals surface area contributed by atoms with Gasteiger partial charge in [-0.1, -0.05) is 20.8 Å². The molecule has 1 aromatic carbocycles. The molecule has 0 aliphatic rings. The van der Waals surface area contributed by atoms with Crippen molar-refractivity contribution >= 4 is 5.91 Å². The SMILES string of the molecule is Cc1c(F)c(F)c(C(=O)N[C@H](C)C(C)(C)C)c(F)c1F. The van der Waals surface area contributed by atoms with Gasteiger partial charge in [0.05, 0.1) is 0 Å². The zero-order valence-electron chi connectivity index (χ0n) is 12.0. The highest BCUT2D eigenvalue weighted by Crippen LogP contribution is 2.25. The molecule has 0 radical (unpaired) electrons. The summed E-state index contributed by atoms with van der Waals surface area (Å²) in [6, 6.07) is -0.443. The van der Waals surface area contributed by atoms with Gasteiger partial charge in [0.2, 0.25) is 0 Å². The molecular weight excluding hydrogens is 274 g/mol. The molecule has 1 aromatic rings. The van der Waals surface area contributed by atoms with Crippen LogP contribution in [0.25, 0.3) is 0 Å². The smallest absolute Gasteiger partial charge is 0.257 e. The first-order valence-corrected chi connectivity index (χ1v) is 6.11. The van der Waals surface area contributed by atoms with Crippen LogP contribution in [0.15, 0.2) is 0 Å². The Morgan fingerprint density at radius 1 is 1.00 bits per heavy atom. The van der Waals surface area contributed by atoms with E-state index in [0.29, 0.717) is 0 Å². The van der Waals surface area contributed by atoms with Gasteiger partial charge in [0, 0.05) is 11.6 Å². The van der Waals surface area contributed by atoms with E-state index in [0.717, 1.165) is 6.92 Å². The fourth-order valence-electron chi connectivity index (χ4n) is 1.43. The zero-order chi connectivity index (χ0) is 15.8. The third-order valence-electron chi connectivity index (χ3n) is 3.36. The van der Waals surface area contributed by atoms with Gasteiger partial charge in [-0.25, -0.2) is 17.6 Å². The summed E-state index contributed by atoms with van der Waals surface area (Å²) < 4.78 is 54.1. The van der Waals surface area contributed by atoms with Crippen LogP contribution >= 0.6 is 0 Å². The molecule has 0 aromatic heterocycles. The molecule has 0 saturated heterocycles. The molecule has 1 amide bonds. The van der Waals surface area contributed by atoms with Crippen LogP contribution < -0.4 is 5.32 Å². The molecule has 20 heavy (non-hydrogen) atoms. The number of rotatable bonds is 2. The van der Waals surface area contributed by atoms with Crippen molar-refractivity contribution < 1.29 is 22.4 Å². The lowest BCUT2D eigenvalue weighted by Crippen LogP contribution is -2.42. The fraction of sp³-hybridized carbons (Fsp3) is 0.500. The van der Waals surface area contributed by atoms with E-state index < -0.39 is 46.3 Å². The van der Waals surface area contributed by atoms with Crippen molar-refractivity contribution in [2.75, 3.05) is 0 Å². The summed E-state index contributed by atoms with van der Waals surface area (Å²) in [5, 5.41) is 2.34. The first-order valence-electron chi connectivity index (χ1n) is 6.11. The molecule has 2 nitrogen and oxygen atoms in total. The molecule has 0 fully saturated rings. The number of halogens is 4. The lowest BCUT2D eigenvalue weighted by molar-refractivity contribution is 0.0899. The molecular formula is C14H17F4NO. The van der Waals surface area contributed by atoms with E-state index in [1.807, 2.05) is 0 Å². The number of hydrogen-bond donors (Lipinski definition) is 1. The van der Waals surface area contributed by atoms with Crippen molar-refractivity contribution in [2.45, 2.75) is 40.7 Å². The van der Waals surface area contributed by atoms with Crippen molar-refractivity contribution in [2.24, 2.45) is 5.41 Å². The van der Waals surface area contributed by atoms with Crippen LogP contribution in [0.5, 0.6) is 0 Å². The van der Waals surface area contributed by atoms with Crippen LogP contribution in [0.4, 0.5) is 17.6 Å². The average Bonchev–Trinajstić information content (AvgIpc) is 2.33. The van der Waals surface area contributed by atoms with E-state index in [1.54, 1.807) is 27.7 Å². The fourth-order valence-corrected chi connectivity index (χ4v) is 1.43. The minimum absolute atomic E-state index is 0.371. The normalized spacial score (nSPS) is 13.2. The number of carbonyl (C=O) groups excluding carboxylic acids is 1. The van der Waals surface area contributed by atoms with Gasteiger partial charge in [-0.3, -0.25) is 4.79 Å². The van der Waals surface area contributed by atoms with Crippen LogP contribution in [0, 0.1) is 35.6 Å². The second-order valence-electron chi connectivity index (χ2n) is 5.82. The van der Waals surface area contributed by atoms with Crippen LogP contribution in [0.1, 0.15) is 43.6 Å². The van der Waals surface area contributed by atoms with E-state index in [-0.39, 0.29) is 5.41 Å². The summed E-state index contributed by atoms with van der Waals surface area (Å²) in [5.74, 6) is -7.66. The van der Waals surface area contributed by atoms with E-state index in [2.05, 4.69) is 5.32 Å². The topological polar surface area (TPSA) is 29.1 Å². The standard InChI is InChI=1S/C14H17F4NO/c1-6-9(15)11(17)8(12(18)10(6)16)13(20)19-7(2)14(3,4)5/h7H,1-5H3,(H,19,20)/t7-/m1/s1. The lowest BCUT2D eigenvalue weighted by atomic mass is 9.88. The highest BCUT2D eigenvalue weighted by atomic mass is 19.2. The predicted molar refractivity (Wildman–Crippen MR) is 67.4 cm³/mol. The van der Waals surface area contributed by atoms with Crippen LogP contribution in [0.3, 0.4) is 0 Å². The molecule has 0 saturated carbocycles. The second kappa shape index (κ2) is 5.42. The largest absolute Gasteiger partial charge is 0.349 e. The second-order valence-corrected chi connectivity index (χ2v) is 5.82. The van der Waals surface area contributed by atoms with Crippen molar-refractivity contribution in [3.05, 3.63) is 34.4 Å².